The smallest absolute Gasteiger partial charge is 0.164 e. The number of pyridine rings is 1. The molecule has 0 atom stereocenters. The first-order valence-corrected chi connectivity index (χ1v) is 24.0. The molecule has 0 aliphatic heterocycles. The van der Waals surface area contributed by atoms with Crippen LogP contribution in [-0.2, 0) is 0 Å². The summed E-state index contributed by atoms with van der Waals surface area (Å²) in [5.41, 5.74) is 9.42. The molecule has 3 heterocycles. The Bertz CT molecular complexity index is 4570. The molecule has 71 heavy (non-hydrogen) atoms. The molecular formula is C66H38N4O. The zero-order valence-corrected chi connectivity index (χ0v) is 38.1. The number of para-hydroxylation sites is 2. The van der Waals surface area contributed by atoms with Gasteiger partial charge in [-0.05, 0) is 95.8 Å². The molecule has 0 saturated carbocycles. The molecule has 0 aliphatic rings. The van der Waals surface area contributed by atoms with Crippen LogP contribution < -0.4 is 0 Å². The molecular weight excluding hydrogens is 865 g/mol. The fraction of sp³-hybridized carbons (Fsp3) is 0. The van der Waals surface area contributed by atoms with Crippen molar-refractivity contribution in [3.63, 3.8) is 0 Å². The first-order valence-electron chi connectivity index (χ1n) is 24.0. The van der Waals surface area contributed by atoms with E-state index in [1.807, 2.05) is 6.07 Å². The number of nitrogens with zero attached hydrogens (tertiary/aromatic N) is 4. The second kappa shape index (κ2) is 15.5. The number of hydrogen-bond donors (Lipinski definition) is 0. The fourth-order valence-corrected chi connectivity index (χ4v) is 11.1. The predicted octanol–water partition coefficient (Wildman–Crippen LogP) is 17.6. The molecule has 3 aromatic heterocycles. The van der Waals surface area contributed by atoms with Gasteiger partial charge in [0.05, 0.1) is 11.2 Å². The molecule has 0 fully saturated rings. The summed E-state index contributed by atoms with van der Waals surface area (Å²) in [6.45, 7) is 0. The first-order chi connectivity index (χ1) is 35.2. The van der Waals surface area contributed by atoms with Gasteiger partial charge in [0, 0.05) is 54.7 Å². The van der Waals surface area contributed by atoms with E-state index in [0.29, 0.717) is 17.5 Å². The van der Waals surface area contributed by atoms with Gasteiger partial charge in [-0.1, -0.05) is 194 Å². The van der Waals surface area contributed by atoms with Crippen LogP contribution in [0.15, 0.2) is 235 Å². The first kappa shape index (κ1) is 39.4. The van der Waals surface area contributed by atoms with E-state index in [4.69, 9.17) is 24.4 Å². The molecule has 5 heteroatoms. The van der Waals surface area contributed by atoms with Crippen LogP contribution in [0.5, 0.6) is 0 Å². The Hall–Kier alpha value is -9.58. The molecule has 12 aromatic carbocycles. The lowest BCUT2D eigenvalue weighted by molar-refractivity contribution is 0.669. The van der Waals surface area contributed by atoms with Crippen molar-refractivity contribution in [2.75, 3.05) is 0 Å². The lowest BCUT2D eigenvalue weighted by atomic mass is 9.87. The molecule has 0 N–H and O–H groups in total. The third-order valence-corrected chi connectivity index (χ3v) is 14.4. The number of fused-ring (bicyclic) bond motifs is 14. The Kier molecular flexibility index (Phi) is 8.59. The molecule has 5 nitrogen and oxygen atoms in total. The van der Waals surface area contributed by atoms with Crippen LogP contribution in [0.4, 0.5) is 0 Å². The van der Waals surface area contributed by atoms with Crippen molar-refractivity contribution in [1.82, 2.24) is 19.9 Å². The second-order valence-electron chi connectivity index (χ2n) is 18.5. The minimum Gasteiger partial charge on any atom is -0.456 e. The van der Waals surface area contributed by atoms with Gasteiger partial charge in [-0.2, -0.15) is 0 Å². The summed E-state index contributed by atoms with van der Waals surface area (Å²) in [4.78, 5) is 20.9. The van der Waals surface area contributed by atoms with E-state index in [2.05, 4.69) is 224 Å². The highest BCUT2D eigenvalue weighted by molar-refractivity contribution is 6.30. The van der Waals surface area contributed by atoms with Crippen molar-refractivity contribution in [2.45, 2.75) is 0 Å². The van der Waals surface area contributed by atoms with Gasteiger partial charge in [-0.25, -0.2) is 19.9 Å². The normalized spacial score (nSPS) is 11.9. The van der Waals surface area contributed by atoms with Gasteiger partial charge in [-0.15, -0.1) is 0 Å². The van der Waals surface area contributed by atoms with Crippen LogP contribution in [0.25, 0.3) is 154 Å². The Balaban J connectivity index is 0.946. The number of benzene rings is 12. The zero-order valence-electron chi connectivity index (χ0n) is 38.1. The summed E-state index contributed by atoms with van der Waals surface area (Å²) in [6.07, 6.45) is 0. The Morgan fingerprint density at radius 1 is 0.254 bits per heavy atom. The van der Waals surface area contributed by atoms with E-state index in [-0.39, 0.29) is 0 Å². The molecule has 328 valence electrons. The van der Waals surface area contributed by atoms with E-state index < -0.39 is 0 Å². The average Bonchev–Trinajstić information content (AvgIpc) is 3.82. The predicted molar refractivity (Wildman–Crippen MR) is 295 cm³/mol. The van der Waals surface area contributed by atoms with Gasteiger partial charge < -0.3 is 4.42 Å². The van der Waals surface area contributed by atoms with Crippen LogP contribution in [-0.4, -0.2) is 19.9 Å². The Morgan fingerprint density at radius 2 is 0.718 bits per heavy atom. The number of furan rings is 1. The summed E-state index contributed by atoms with van der Waals surface area (Å²) >= 11 is 0. The van der Waals surface area contributed by atoms with Crippen LogP contribution in [0, 0.1) is 0 Å². The largest absolute Gasteiger partial charge is 0.456 e. The summed E-state index contributed by atoms with van der Waals surface area (Å²) in [5.74, 6) is 1.83. The second-order valence-corrected chi connectivity index (χ2v) is 18.5. The number of hydrogen-bond acceptors (Lipinski definition) is 5. The lowest BCUT2D eigenvalue weighted by Gasteiger charge is -2.17. The topological polar surface area (TPSA) is 64.7 Å². The highest BCUT2D eigenvalue weighted by Gasteiger charge is 2.23. The van der Waals surface area contributed by atoms with Gasteiger partial charge in [0.25, 0.3) is 0 Å². The molecule has 0 radical (unpaired) electrons. The van der Waals surface area contributed by atoms with Gasteiger partial charge in [0.15, 0.2) is 17.5 Å². The summed E-state index contributed by atoms with van der Waals surface area (Å²) in [5, 5.41) is 17.4. The Labute approximate surface area is 407 Å². The summed E-state index contributed by atoms with van der Waals surface area (Å²) < 4.78 is 6.81. The molecule has 15 aromatic rings. The number of rotatable bonds is 5. The Morgan fingerprint density at radius 3 is 1.35 bits per heavy atom. The lowest BCUT2D eigenvalue weighted by Crippen LogP contribution is -2.00. The van der Waals surface area contributed by atoms with Crippen LogP contribution >= 0.6 is 0 Å². The van der Waals surface area contributed by atoms with E-state index in [1.165, 1.54) is 43.1 Å². The fourth-order valence-electron chi connectivity index (χ4n) is 11.1. The summed E-state index contributed by atoms with van der Waals surface area (Å²) in [7, 11) is 0. The van der Waals surface area contributed by atoms with Crippen molar-refractivity contribution >= 4 is 97.5 Å². The van der Waals surface area contributed by atoms with Crippen molar-refractivity contribution < 1.29 is 4.42 Å². The van der Waals surface area contributed by atoms with Crippen LogP contribution in [0.1, 0.15) is 0 Å². The minimum atomic E-state index is 0.595. The van der Waals surface area contributed by atoms with Gasteiger partial charge in [0.2, 0.25) is 0 Å². The SMILES string of the molecule is c1ccc2cc(-c3nc(-c4ccc(-c5nc6ccccc6c6c(-c7ccc8c9ccccc9c9ccccc9c8c7)c7c(cc56)oc5ccccc57)cc4)nc(-c4ccc5ccccc5c4)n3)ccc2c1. The van der Waals surface area contributed by atoms with E-state index in [9.17, 15) is 0 Å². The van der Waals surface area contributed by atoms with E-state index in [0.717, 1.165) is 93.5 Å². The van der Waals surface area contributed by atoms with E-state index >= 15 is 0 Å². The molecule has 0 amide bonds. The maximum atomic E-state index is 6.81. The summed E-state index contributed by atoms with van der Waals surface area (Å²) in [6, 6.07) is 81.7. The van der Waals surface area contributed by atoms with Crippen molar-refractivity contribution in [1.29, 1.82) is 0 Å². The van der Waals surface area contributed by atoms with E-state index in [1.54, 1.807) is 0 Å². The maximum Gasteiger partial charge on any atom is 0.164 e. The van der Waals surface area contributed by atoms with Crippen LogP contribution in [0.2, 0.25) is 0 Å². The van der Waals surface area contributed by atoms with Crippen LogP contribution in [0.3, 0.4) is 0 Å². The zero-order chi connectivity index (χ0) is 46.6. The minimum absolute atomic E-state index is 0.595. The molecule has 0 spiro atoms. The van der Waals surface area contributed by atoms with Gasteiger partial charge in [-0.3, -0.25) is 0 Å². The highest BCUT2D eigenvalue weighted by atomic mass is 16.3. The van der Waals surface area contributed by atoms with Crippen molar-refractivity contribution in [3.8, 4) is 56.5 Å². The molecule has 0 unspecified atom stereocenters. The van der Waals surface area contributed by atoms with Gasteiger partial charge in [0.1, 0.15) is 11.2 Å². The quantitative estimate of drug-likeness (QED) is 0.161. The maximum absolute atomic E-state index is 6.81. The average molecular weight is 903 g/mol. The highest BCUT2D eigenvalue weighted by Crippen LogP contribution is 2.48. The number of aromatic nitrogens is 4. The van der Waals surface area contributed by atoms with Crippen molar-refractivity contribution in [3.05, 3.63) is 231 Å². The monoisotopic (exact) mass is 902 g/mol. The molecule has 0 saturated heterocycles. The van der Waals surface area contributed by atoms with Crippen molar-refractivity contribution in [2.24, 2.45) is 0 Å². The molecule has 0 aliphatic carbocycles. The molecule has 15 rings (SSSR count). The standard InChI is InChI=1S/C66H38N4O/c1-3-15-43-35-46(31-25-39(43)13-1)65-68-64(69-66(70-65)47-32-26-40-14-2-4-16-44(40)36-47)42-29-27-41(28-30-42)63-56-38-59-62(54-22-10-12-24-58(54)71-59)60(61(56)53-21-9-11-23-57(53)67-63)45-33-34-52-50-19-6-5-17-48(50)49-18-7-8-20-51(49)55(52)37-45/h1-38H. The third kappa shape index (κ3) is 6.27. The van der Waals surface area contributed by atoms with Gasteiger partial charge >= 0.3 is 0 Å². The molecule has 0 bridgehead atoms. The third-order valence-electron chi connectivity index (χ3n) is 14.4.